The maximum atomic E-state index is 14.5. The molecule has 0 amide bonds. The van der Waals surface area contributed by atoms with E-state index in [0.29, 0.717) is 17.1 Å². The van der Waals surface area contributed by atoms with Crippen molar-refractivity contribution in [2.24, 2.45) is 0 Å². The van der Waals surface area contributed by atoms with Crippen molar-refractivity contribution in [1.82, 2.24) is 0 Å². The number of methoxy groups -OCH3 is 1. The summed E-state index contributed by atoms with van der Waals surface area (Å²) in [6, 6.07) is 2.57. The number of thioether (sulfide) groups is 2. The highest BCUT2D eigenvalue weighted by Gasteiger charge is 2.41. The van der Waals surface area contributed by atoms with Crippen LogP contribution in [0.4, 0.5) is 26.3 Å². The molecule has 0 spiro atoms. The monoisotopic (exact) mass is 504 g/mol. The third kappa shape index (κ3) is 6.18. The molecule has 0 N–H and O–H groups in total. The van der Waals surface area contributed by atoms with Gasteiger partial charge in [-0.2, -0.15) is 8.78 Å². The van der Waals surface area contributed by atoms with Gasteiger partial charge in [0.05, 0.1) is 15.7 Å². The van der Waals surface area contributed by atoms with Crippen molar-refractivity contribution >= 4 is 35.1 Å². The molecule has 0 radical (unpaired) electrons. The van der Waals surface area contributed by atoms with Gasteiger partial charge in [-0.05, 0) is 17.7 Å². The second kappa shape index (κ2) is 11.1. The minimum Gasteiger partial charge on any atom is -0.429 e. The Balaban J connectivity index is 0.00000166. The molecule has 2 aromatic rings. The fourth-order valence-electron chi connectivity index (χ4n) is 2.61. The maximum Gasteiger partial charge on any atom is 0.431 e. The summed E-state index contributed by atoms with van der Waals surface area (Å²) in [5, 5.41) is -0.608. The molecule has 1 aliphatic rings. The van der Waals surface area contributed by atoms with Crippen LogP contribution in [0, 0.1) is 23.3 Å². The number of alkyl halides is 2. The highest BCUT2D eigenvalue weighted by atomic mass is 35.5. The summed E-state index contributed by atoms with van der Waals surface area (Å²) in [5.41, 5.74) is -0.885. The van der Waals surface area contributed by atoms with Crippen LogP contribution in [0.15, 0.2) is 24.3 Å². The van der Waals surface area contributed by atoms with Crippen LogP contribution in [-0.2, 0) is 10.8 Å². The predicted octanol–water partition coefficient (Wildman–Crippen LogP) is 7.54. The summed E-state index contributed by atoms with van der Waals surface area (Å²) < 4.78 is 92.2. The summed E-state index contributed by atoms with van der Waals surface area (Å²) in [4.78, 5) is 0. The van der Waals surface area contributed by atoms with E-state index in [4.69, 9.17) is 16.3 Å². The molecule has 0 unspecified atom stereocenters. The van der Waals surface area contributed by atoms with Gasteiger partial charge in [0.2, 0.25) is 0 Å². The van der Waals surface area contributed by atoms with Crippen LogP contribution in [0.25, 0.3) is 0 Å². The SMILES string of the molecule is CC.COC1CSC(c2cc(F)c(C(F)(F)Oc3cc(F)c(F)c(F)c3)c(Cl)c2)SC1. The van der Waals surface area contributed by atoms with Gasteiger partial charge in [-0.3, -0.25) is 0 Å². The van der Waals surface area contributed by atoms with E-state index in [1.165, 1.54) is 29.6 Å². The lowest BCUT2D eigenvalue weighted by atomic mass is 10.1. The van der Waals surface area contributed by atoms with E-state index in [1.54, 1.807) is 7.11 Å². The molecule has 0 aromatic heterocycles. The number of hydrogen-bond donors (Lipinski definition) is 0. The summed E-state index contributed by atoms with van der Waals surface area (Å²) in [7, 11) is 1.58. The Kier molecular flexibility index (Phi) is 9.29. The average Bonchev–Trinajstić information content (AvgIpc) is 2.72. The number of halogens is 7. The lowest BCUT2D eigenvalue weighted by molar-refractivity contribution is -0.187. The molecular weight excluding hydrogens is 486 g/mol. The van der Waals surface area contributed by atoms with Crippen LogP contribution < -0.4 is 4.74 Å². The standard InChI is InChI=1S/C18H13ClF6O2S2.C2H6/c1-26-10-6-28-17(29-7-10)8-2-11(19)15(12(20)3-8)18(24,25)27-9-4-13(21)16(23)14(22)5-9;1-2/h2-5,10,17H,6-7H2,1H3;1-2H3. The Morgan fingerprint density at radius 1 is 0.935 bits per heavy atom. The van der Waals surface area contributed by atoms with E-state index in [1.807, 2.05) is 13.8 Å². The van der Waals surface area contributed by atoms with Crippen molar-refractivity contribution in [3.63, 3.8) is 0 Å². The molecule has 0 atom stereocenters. The molecule has 1 heterocycles. The van der Waals surface area contributed by atoms with E-state index < -0.39 is 45.7 Å². The largest absolute Gasteiger partial charge is 0.431 e. The van der Waals surface area contributed by atoms with Crippen LogP contribution in [0.3, 0.4) is 0 Å². The Hall–Kier alpha value is -1.23. The van der Waals surface area contributed by atoms with E-state index in [9.17, 15) is 26.3 Å². The van der Waals surface area contributed by atoms with Crippen LogP contribution >= 0.6 is 35.1 Å². The maximum absolute atomic E-state index is 14.5. The first-order valence-electron chi connectivity index (χ1n) is 9.09. The number of hydrogen-bond acceptors (Lipinski definition) is 4. The van der Waals surface area contributed by atoms with E-state index in [2.05, 4.69) is 4.74 Å². The highest BCUT2D eigenvalue weighted by molar-refractivity contribution is 8.17. The fourth-order valence-corrected chi connectivity index (χ4v) is 5.89. The van der Waals surface area contributed by atoms with E-state index in [-0.39, 0.29) is 22.8 Å². The molecular formula is C20H19ClF6O2S2. The van der Waals surface area contributed by atoms with Crippen molar-refractivity contribution in [2.75, 3.05) is 18.6 Å². The van der Waals surface area contributed by atoms with Gasteiger partial charge in [-0.25, -0.2) is 17.6 Å². The summed E-state index contributed by atoms with van der Waals surface area (Å²) in [6.45, 7) is 4.00. The zero-order valence-electron chi connectivity index (χ0n) is 16.7. The first-order chi connectivity index (χ1) is 14.6. The van der Waals surface area contributed by atoms with Crippen molar-refractivity contribution < 1.29 is 35.8 Å². The number of ether oxygens (including phenoxy) is 2. The molecule has 11 heteroatoms. The summed E-state index contributed by atoms with van der Waals surface area (Å²) >= 11 is 8.82. The average molecular weight is 505 g/mol. The Morgan fingerprint density at radius 2 is 1.48 bits per heavy atom. The minimum absolute atomic E-state index is 0.0371. The van der Waals surface area contributed by atoms with E-state index in [0.717, 1.165) is 6.07 Å². The smallest absolute Gasteiger partial charge is 0.429 e. The van der Waals surface area contributed by atoms with Crippen molar-refractivity contribution in [3.8, 4) is 5.75 Å². The molecule has 0 bridgehead atoms. The molecule has 172 valence electrons. The van der Waals surface area contributed by atoms with Crippen molar-refractivity contribution in [2.45, 2.75) is 30.6 Å². The highest BCUT2D eigenvalue weighted by Crippen LogP contribution is 2.47. The fraction of sp³-hybridized carbons (Fsp3) is 0.400. The van der Waals surface area contributed by atoms with Crippen LogP contribution in [0.5, 0.6) is 5.75 Å². The van der Waals surface area contributed by atoms with Crippen molar-refractivity contribution in [1.29, 1.82) is 0 Å². The molecule has 2 aromatic carbocycles. The Morgan fingerprint density at radius 3 is 1.97 bits per heavy atom. The number of rotatable bonds is 5. The van der Waals surface area contributed by atoms with Crippen LogP contribution in [-0.4, -0.2) is 24.7 Å². The molecule has 1 aliphatic heterocycles. The lowest BCUT2D eigenvalue weighted by Crippen LogP contribution is -2.25. The number of benzene rings is 2. The Bertz CT molecular complexity index is 861. The van der Waals surface area contributed by atoms with Gasteiger partial charge < -0.3 is 9.47 Å². The van der Waals surface area contributed by atoms with Crippen LogP contribution in [0.2, 0.25) is 5.02 Å². The third-order valence-corrected chi connectivity index (χ3v) is 7.42. The molecule has 0 saturated carbocycles. The second-order valence-corrected chi connectivity index (χ2v) is 9.02. The molecule has 1 saturated heterocycles. The lowest BCUT2D eigenvalue weighted by Gasteiger charge is -2.28. The quantitative estimate of drug-likeness (QED) is 0.309. The van der Waals surface area contributed by atoms with Gasteiger partial charge in [-0.1, -0.05) is 25.4 Å². The second-order valence-electron chi connectivity index (χ2n) is 6.04. The third-order valence-electron chi connectivity index (χ3n) is 4.03. The first-order valence-corrected chi connectivity index (χ1v) is 11.6. The minimum atomic E-state index is -4.36. The summed E-state index contributed by atoms with van der Waals surface area (Å²) in [6.07, 6.45) is -4.32. The van der Waals surface area contributed by atoms with Gasteiger partial charge in [0.15, 0.2) is 17.5 Å². The van der Waals surface area contributed by atoms with Gasteiger partial charge in [0, 0.05) is 30.7 Å². The summed E-state index contributed by atoms with van der Waals surface area (Å²) in [5.74, 6) is -6.35. The zero-order chi connectivity index (χ0) is 23.3. The van der Waals surface area contributed by atoms with Crippen LogP contribution in [0.1, 0.15) is 29.6 Å². The van der Waals surface area contributed by atoms with Gasteiger partial charge in [0.1, 0.15) is 17.1 Å². The van der Waals surface area contributed by atoms with Gasteiger partial charge >= 0.3 is 6.11 Å². The zero-order valence-corrected chi connectivity index (χ0v) is 19.0. The normalized spacial score (nSPS) is 18.9. The molecule has 3 rings (SSSR count). The molecule has 0 aliphatic carbocycles. The van der Waals surface area contributed by atoms with Crippen molar-refractivity contribution in [3.05, 3.63) is 63.7 Å². The molecule has 31 heavy (non-hydrogen) atoms. The topological polar surface area (TPSA) is 18.5 Å². The Labute approximate surface area is 189 Å². The van der Waals surface area contributed by atoms with Gasteiger partial charge in [-0.15, -0.1) is 23.5 Å². The molecule has 2 nitrogen and oxygen atoms in total. The first kappa shape index (κ1) is 26.0. The van der Waals surface area contributed by atoms with Gasteiger partial charge in [0.25, 0.3) is 0 Å². The van der Waals surface area contributed by atoms with E-state index >= 15 is 0 Å². The molecule has 1 fully saturated rings. The predicted molar refractivity (Wildman–Crippen MR) is 112 cm³/mol.